The van der Waals surface area contributed by atoms with E-state index in [1.54, 1.807) is 11.0 Å². The number of hydrogen-bond donors (Lipinski definition) is 0. The molecule has 21 heavy (non-hydrogen) atoms. The fourth-order valence-corrected chi connectivity index (χ4v) is 3.08. The Labute approximate surface area is 143 Å². The number of aromatic nitrogens is 3. The number of benzene rings is 2. The summed E-state index contributed by atoms with van der Waals surface area (Å²) in [4.78, 5) is 4.31. The smallest absolute Gasteiger partial charge is 0.181 e. The molecule has 3 nitrogen and oxygen atoms in total. The molecule has 1 aromatic heterocycles. The highest BCUT2D eigenvalue weighted by Gasteiger charge is 2.06. The lowest BCUT2D eigenvalue weighted by Gasteiger charge is -2.02. The van der Waals surface area contributed by atoms with Gasteiger partial charge in [-0.3, -0.25) is 0 Å². The Hall–Kier alpha value is -1.28. The van der Waals surface area contributed by atoms with E-state index in [0.29, 0.717) is 12.4 Å². The van der Waals surface area contributed by atoms with E-state index in [2.05, 4.69) is 48.6 Å². The maximum Gasteiger partial charge on any atom is 0.181 e. The molecule has 1 heterocycles. The monoisotopic (exact) mass is 457 g/mol. The normalized spacial score (nSPS) is 10.8. The van der Waals surface area contributed by atoms with Crippen LogP contribution in [0, 0.1) is 9.39 Å². The molecule has 0 amide bonds. The molecule has 0 saturated heterocycles. The molecule has 6 heteroatoms. The van der Waals surface area contributed by atoms with Gasteiger partial charge in [-0.15, -0.1) is 0 Å². The van der Waals surface area contributed by atoms with E-state index in [1.165, 1.54) is 12.1 Å². The van der Waals surface area contributed by atoms with Gasteiger partial charge < -0.3 is 0 Å². The van der Waals surface area contributed by atoms with Crippen molar-refractivity contribution in [3.05, 3.63) is 68.2 Å². The van der Waals surface area contributed by atoms with Gasteiger partial charge in [0, 0.05) is 13.6 Å². The zero-order valence-corrected chi connectivity index (χ0v) is 14.5. The third-order valence-corrected chi connectivity index (χ3v) is 4.02. The van der Waals surface area contributed by atoms with E-state index < -0.39 is 0 Å². The second-order valence-corrected chi connectivity index (χ2v) is 6.72. The van der Waals surface area contributed by atoms with Crippen LogP contribution in [-0.2, 0) is 6.54 Å². The van der Waals surface area contributed by atoms with E-state index in [1.807, 2.05) is 30.3 Å². The Bertz CT molecular complexity index is 768. The molecule has 0 N–H and O–H groups in total. The first-order valence-electron chi connectivity index (χ1n) is 6.20. The fourth-order valence-electron chi connectivity index (χ4n) is 2.02. The summed E-state index contributed by atoms with van der Waals surface area (Å²) < 4.78 is 16.9. The van der Waals surface area contributed by atoms with Gasteiger partial charge >= 0.3 is 0 Å². The highest BCUT2D eigenvalue weighted by molar-refractivity contribution is 14.1. The molecule has 0 aliphatic rings. The van der Waals surface area contributed by atoms with Gasteiger partial charge in [0.15, 0.2) is 5.82 Å². The summed E-state index contributed by atoms with van der Waals surface area (Å²) in [5.41, 5.74) is 1.81. The van der Waals surface area contributed by atoms with Crippen molar-refractivity contribution < 1.29 is 4.39 Å². The summed E-state index contributed by atoms with van der Waals surface area (Å²) in [6, 6.07) is 12.8. The summed E-state index contributed by atoms with van der Waals surface area (Å²) in [6.45, 7) is 0.479. The number of rotatable bonds is 3. The van der Waals surface area contributed by atoms with Crippen LogP contribution in [0.3, 0.4) is 0 Å². The fraction of sp³-hybridized carbons (Fsp3) is 0.0667. The Morgan fingerprint density at radius 2 is 2.05 bits per heavy atom. The van der Waals surface area contributed by atoms with Crippen molar-refractivity contribution in [3.8, 4) is 11.4 Å². The summed E-state index contributed by atoms with van der Waals surface area (Å²) in [6.07, 6.45) is 1.66. The van der Waals surface area contributed by atoms with E-state index in [4.69, 9.17) is 0 Å². The third-order valence-electron chi connectivity index (χ3n) is 2.89. The maximum absolute atomic E-state index is 13.4. The highest BCUT2D eigenvalue weighted by atomic mass is 127. The molecule has 0 atom stereocenters. The molecule has 106 valence electrons. The number of hydrogen-bond acceptors (Lipinski definition) is 2. The summed E-state index contributed by atoms with van der Waals surface area (Å²) in [5, 5.41) is 4.44. The van der Waals surface area contributed by atoms with Crippen LogP contribution >= 0.6 is 38.5 Å². The summed E-state index contributed by atoms with van der Waals surface area (Å²) in [7, 11) is 0. The topological polar surface area (TPSA) is 30.7 Å². The van der Waals surface area contributed by atoms with Crippen LogP contribution in [0.25, 0.3) is 11.4 Å². The molecule has 0 unspecified atom stereocenters. The van der Waals surface area contributed by atoms with Gasteiger partial charge in [0.05, 0.1) is 6.54 Å². The van der Waals surface area contributed by atoms with Crippen LogP contribution in [0.4, 0.5) is 4.39 Å². The second kappa shape index (κ2) is 6.23. The third kappa shape index (κ3) is 3.68. The van der Waals surface area contributed by atoms with Crippen molar-refractivity contribution in [3.63, 3.8) is 0 Å². The summed E-state index contributed by atoms with van der Waals surface area (Å²) >= 11 is 5.55. The van der Waals surface area contributed by atoms with E-state index >= 15 is 0 Å². The van der Waals surface area contributed by atoms with Gasteiger partial charge in [0.2, 0.25) is 0 Å². The molecule has 0 radical (unpaired) electrons. The summed E-state index contributed by atoms with van der Waals surface area (Å²) in [5.74, 6) is 0.404. The molecule has 3 aromatic rings. The average molecular weight is 458 g/mol. The lowest BCUT2D eigenvalue weighted by molar-refractivity contribution is 0.618. The zero-order chi connectivity index (χ0) is 14.8. The standard InChI is InChI=1S/C15H10BrFIN3/c16-12-4-10(5-13(17)7-12)8-21-9-19-15(20-21)11-2-1-3-14(18)6-11/h1-7,9H,8H2. The van der Waals surface area contributed by atoms with Crippen molar-refractivity contribution in [2.75, 3.05) is 0 Å². The average Bonchev–Trinajstić information content (AvgIpc) is 2.86. The Morgan fingerprint density at radius 3 is 2.81 bits per heavy atom. The van der Waals surface area contributed by atoms with Crippen LogP contribution in [0.1, 0.15) is 5.56 Å². The van der Waals surface area contributed by atoms with E-state index in [-0.39, 0.29) is 5.82 Å². The Kier molecular flexibility index (Phi) is 4.34. The van der Waals surface area contributed by atoms with Gasteiger partial charge in [0.25, 0.3) is 0 Å². The molecule has 3 rings (SSSR count). The van der Waals surface area contributed by atoms with Gasteiger partial charge in [-0.25, -0.2) is 14.1 Å². The van der Waals surface area contributed by atoms with Crippen molar-refractivity contribution in [2.45, 2.75) is 6.54 Å². The van der Waals surface area contributed by atoms with Gasteiger partial charge in [0.1, 0.15) is 12.1 Å². The van der Waals surface area contributed by atoms with Crippen LogP contribution in [0.2, 0.25) is 0 Å². The Balaban J connectivity index is 1.85. The first-order chi connectivity index (χ1) is 10.1. The SMILES string of the molecule is Fc1cc(Br)cc(Cn2cnc(-c3cccc(I)c3)n2)c1. The van der Waals surface area contributed by atoms with E-state index in [0.717, 1.165) is 19.2 Å². The molecule has 0 spiro atoms. The van der Waals surface area contributed by atoms with Crippen molar-refractivity contribution in [1.29, 1.82) is 0 Å². The van der Waals surface area contributed by atoms with Crippen molar-refractivity contribution in [2.24, 2.45) is 0 Å². The molecule has 0 saturated carbocycles. The van der Waals surface area contributed by atoms with Crippen molar-refractivity contribution in [1.82, 2.24) is 14.8 Å². The highest BCUT2D eigenvalue weighted by Crippen LogP contribution is 2.18. The predicted molar refractivity (Wildman–Crippen MR) is 91.4 cm³/mol. The maximum atomic E-state index is 13.4. The quantitative estimate of drug-likeness (QED) is 0.542. The minimum atomic E-state index is -0.266. The molecule has 0 fully saturated rings. The lowest BCUT2D eigenvalue weighted by Crippen LogP contribution is -2.01. The second-order valence-electron chi connectivity index (χ2n) is 4.55. The molecule has 0 bridgehead atoms. The molecule has 0 aliphatic carbocycles. The first kappa shape index (κ1) is 14.6. The van der Waals surface area contributed by atoms with E-state index in [9.17, 15) is 4.39 Å². The zero-order valence-electron chi connectivity index (χ0n) is 10.8. The Morgan fingerprint density at radius 1 is 1.19 bits per heavy atom. The number of halogens is 3. The van der Waals surface area contributed by atoms with Gasteiger partial charge in [-0.1, -0.05) is 28.1 Å². The first-order valence-corrected chi connectivity index (χ1v) is 8.08. The van der Waals surface area contributed by atoms with Gasteiger partial charge in [-0.2, -0.15) is 5.10 Å². The minimum Gasteiger partial charge on any atom is -0.248 e. The van der Waals surface area contributed by atoms with Crippen LogP contribution in [-0.4, -0.2) is 14.8 Å². The van der Waals surface area contributed by atoms with Crippen LogP contribution in [0.5, 0.6) is 0 Å². The lowest BCUT2D eigenvalue weighted by atomic mass is 10.2. The molecular formula is C15H10BrFIN3. The largest absolute Gasteiger partial charge is 0.248 e. The van der Waals surface area contributed by atoms with Crippen molar-refractivity contribution >= 4 is 38.5 Å². The number of nitrogens with zero attached hydrogens (tertiary/aromatic N) is 3. The predicted octanol–water partition coefficient (Wildman–Crippen LogP) is 4.50. The van der Waals surface area contributed by atoms with Crippen LogP contribution < -0.4 is 0 Å². The molecule has 0 aliphatic heterocycles. The molecule has 2 aromatic carbocycles. The van der Waals surface area contributed by atoms with Crippen LogP contribution in [0.15, 0.2) is 53.3 Å². The minimum absolute atomic E-state index is 0.266. The van der Waals surface area contributed by atoms with Gasteiger partial charge in [-0.05, 0) is 58.5 Å². The molecular weight excluding hydrogens is 448 g/mol.